The second kappa shape index (κ2) is 8.45. The van der Waals surface area contributed by atoms with Crippen molar-refractivity contribution in [3.05, 3.63) is 76.9 Å². The van der Waals surface area contributed by atoms with E-state index in [-0.39, 0.29) is 6.03 Å². The molecule has 1 aliphatic heterocycles. The van der Waals surface area contributed by atoms with Gasteiger partial charge in [-0.05, 0) is 24.6 Å². The molecule has 1 aromatic carbocycles. The Morgan fingerprint density at radius 1 is 1.21 bits per heavy atom. The number of fused-ring (bicyclic) bond motifs is 1. The Labute approximate surface area is 170 Å². The van der Waals surface area contributed by atoms with Crippen molar-refractivity contribution < 1.29 is 9.53 Å². The molecule has 0 fully saturated rings. The van der Waals surface area contributed by atoms with Crippen LogP contribution in [-0.2, 0) is 38.0 Å². The van der Waals surface area contributed by atoms with E-state index in [4.69, 9.17) is 4.74 Å². The van der Waals surface area contributed by atoms with Gasteiger partial charge in [-0.15, -0.1) is 0 Å². The number of hydrogen-bond donors (Lipinski definition) is 1. The lowest BCUT2D eigenvalue weighted by Gasteiger charge is -2.27. The number of pyridine rings is 1. The standard InChI is InChI=1S/C22H25N5O2/c1-16-5-7-17(8-6-16)14-29-15-20-19-13-27(11-9-21(19)26(2)25-20)22(28)24-18-4-3-10-23-12-18/h3-8,10,12H,9,11,13-15H2,1-2H3,(H,24,28). The quantitative estimate of drug-likeness (QED) is 0.723. The van der Waals surface area contributed by atoms with Gasteiger partial charge in [0.05, 0.1) is 37.3 Å². The molecular formula is C22H25N5O2. The SMILES string of the molecule is Cc1ccc(COCc2nn(C)c3c2CN(C(=O)Nc2cccnc2)CC3)cc1. The average Bonchev–Trinajstić information content (AvgIpc) is 3.05. The fourth-order valence-electron chi connectivity index (χ4n) is 3.55. The Balaban J connectivity index is 1.40. The van der Waals surface area contributed by atoms with Crippen molar-refractivity contribution in [1.82, 2.24) is 19.7 Å². The molecule has 1 aliphatic rings. The molecule has 150 valence electrons. The predicted molar refractivity (Wildman–Crippen MR) is 110 cm³/mol. The van der Waals surface area contributed by atoms with Crippen molar-refractivity contribution in [3.8, 4) is 0 Å². The van der Waals surface area contributed by atoms with Gasteiger partial charge in [-0.3, -0.25) is 9.67 Å². The zero-order valence-electron chi connectivity index (χ0n) is 16.8. The number of benzene rings is 1. The number of aryl methyl sites for hydroxylation is 2. The Morgan fingerprint density at radius 2 is 2.03 bits per heavy atom. The molecule has 0 saturated carbocycles. The van der Waals surface area contributed by atoms with Gasteiger partial charge < -0.3 is 15.0 Å². The third kappa shape index (κ3) is 4.46. The maximum absolute atomic E-state index is 12.7. The Kier molecular flexibility index (Phi) is 5.57. The second-order valence-corrected chi connectivity index (χ2v) is 7.32. The molecule has 3 heterocycles. The summed E-state index contributed by atoms with van der Waals surface area (Å²) < 4.78 is 7.83. The van der Waals surface area contributed by atoms with E-state index in [9.17, 15) is 4.79 Å². The number of carbonyl (C=O) groups excluding carboxylic acids is 1. The van der Waals surface area contributed by atoms with Crippen molar-refractivity contribution in [2.45, 2.75) is 33.1 Å². The van der Waals surface area contributed by atoms with Crippen LogP contribution in [-0.4, -0.2) is 32.2 Å². The van der Waals surface area contributed by atoms with Crippen LogP contribution < -0.4 is 5.32 Å². The first-order valence-corrected chi connectivity index (χ1v) is 9.73. The van der Waals surface area contributed by atoms with Crippen LogP contribution in [0, 0.1) is 6.92 Å². The van der Waals surface area contributed by atoms with Gasteiger partial charge in [-0.1, -0.05) is 29.8 Å². The topological polar surface area (TPSA) is 72.3 Å². The molecule has 3 aromatic rings. The summed E-state index contributed by atoms with van der Waals surface area (Å²) in [5.41, 5.74) is 6.22. The van der Waals surface area contributed by atoms with Gasteiger partial charge in [0.25, 0.3) is 0 Å². The van der Waals surface area contributed by atoms with Gasteiger partial charge >= 0.3 is 6.03 Å². The summed E-state index contributed by atoms with van der Waals surface area (Å²) in [7, 11) is 1.95. The van der Waals surface area contributed by atoms with Gasteiger partial charge in [0.1, 0.15) is 0 Å². The van der Waals surface area contributed by atoms with E-state index in [2.05, 4.69) is 46.6 Å². The fraction of sp³-hybridized carbons (Fsp3) is 0.318. The summed E-state index contributed by atoms with van der Waals surface area (Å²) in [6, 6.07) is 11.8. The first-order valence-electron chi connectivity index (χ1n) is 9.73. The molecule has 0 bridgehead atoms. The van der Waals surface area contributed by atoms with Crippen LogP contribution in [0.15, 0.2) is 48.8 Å². The lowest BCUT2D eigenvalue weighted by molar-refractivity contribution is 0.103. The molecule has 29 heavy (non-hydrogen) atoms. The lowest BCUT2D eigenvalue weighted by atomic mass is 10.1. The third-order valence-corrected chi connectivity index (χ3v) is 5.15. The van der Waals surface area contributed by atoms with Gasteiger partial charge in [0.2, 0.25) is 0 Å². The number of aromatic nitrogens is 3. The lowest BCUT2D eigenvalue weighted by Crippen LogP contribution is -2.39. The number of urea groups is 1. The van der Waals surface area contributed by atoms with Crippen molar-refractivity contribution >= 4 is 11.7 Å². The smallest absolute Gasteiger partial charge is 0.322 e. The van der Waals surface area contributed by atoms with Crippen LogP contribution >= 0.6 is 0 Å². The zero-order chi connectivity index (χ0) is 20.2. The van der Waals surface area contributed by atoms with Crippen molar-refractivity contribution in [3.63, 3.8) is 0 Å². The Bertz CT molecular complexity index is 982. The zero-order valence-corrected chi connectivity index (χ0v) is 16.8. The first-order chi connectivity index (χ1) is 14.1. The van der Waals surface area contributed by atoms with E-state index in [0.717, 1.165) is 23.2 Å². The summed E-state index contributed by atoms with van der Waals surface area (Å²) in [6.07, 6.45) is 4.10. The van der Waals surface area contributed by atoms with Gasteiger partial charge in [-0.25, -0.2) is 4.79 Å². The van der Waals surface area contributed by atoms with Crippen molar-refractivity contribution in [2.75, 3.05) is 11.9 Å². The predicted octanol–water partition coefficient (Wildman–Crippen LogP) is 3.43. The van der Waals surface area contributed by atoms with E-state index >= 15 is 0 Å². The van der Waals surface area contributed by atoms with E-state index in [1.54, 1.807) is 23.4 Å². The first kappa shape index (κ1) is 19.1. The van der Waals surface area contributed by atoms with Gasteiger partial charge in [0, 0.05) is 37.5 Å². The highest BCUT2D eigenvalue weighted by molar-refractivity contribution is 5.89. The number of rotatable bonds is 5. The minimum atomic E-state index is -0.126. The highest BCUT2D eigenvalue weighted by atomic mass is 16.5. The number of anilines is 1. The number of carbonyl (C=O) groups is 1. The van der Waals surface area contributed by atoms with Gasteiger partial charge in [-0.2, -0.15) is 5.10 Å². The maximum atomic E-state index is 12.7. The summed E-state index contributed by atoms with van der Waals surface area (Å²) in [4.78, 5) is 18.5. The Morgan fingerprint density at radius 3 is 2.79 bits per heavy atom. The molecule has 0 unspecified atom stereocenters. The van der Waals surface area contributed by atoms with Crippen molar-refractivity contribution in [2.24, 2.45) is 7.05 Å². The third-order valence-electron chi connectivity index (χ3n) is 5.15. The molecule has 0 aliphatic carbocycles. The van der Waals surface area contributed by atoms with Gasteiger partial charge in [0.15, 0.2) is 0 Å². The average molecular weight is 391 g/mol. The van der Waals surface area contributed by atoms with Crippen LogP contribution in [0.4, 0.5) is 10.5 Å². The summed E-state index contributed by atoms with van der Waals surface area (Å²) in [6.45, 7) is 4.22. The van der Waals surface area contributed by atoms with Crippen LogP contribution in [0.25, 0.3) is 0 Å². The molecule has 0 radical (unpaired) electrons. The highest BCUT2D eigenvalue weighted by Gasteiger charge is 2.26. The minimum absolute atomic E-state index is 0.126. The van der Waals surface area contributed by atoms with E-state index in [1.165, 1.54) is 11.3 Å². The van der Waals surface area contributed by atoms with Crippen molar-refractivity contribution in [1.29, 1.82) is 0 Å². The summed E-state index contributed by atoms with van der Waals surface area (Å²) >= 11 is 0. The second-order valence-electron chi connectivity index (χ2n) is 7.32. The fourth-order valence-corrected chi connectivity index (χ4v) is 3.55. The molecule has 0 spiro atoms. The molecule has 7 nitrogen and oxygen atoms in total. The largest absolute Gasteiger partial charge is 0.370 e. The Hall–Kier alpha value is -3.19. The van der Waals surface area contributed by atoms with Crippen LogP contribution in [0.5, 0.6) is 0 Å². The maximum Gasteiger partial charge on any atom is 0.322 e. The van der Waals surface area contributed by atoms with Crippen LogP contribution in [0.3, 0.4) is 0 Å². The van der Waals surface area contributed by atoms with Crippen LogP contribution in [0.1, 0.15) is 28.1 Å². The summed E-state index contributed by atoms with van der Waals surface area (Å²) in [5, 5.41) is 7.54. The summed E-state index contributed by atoms with van der Waals surface area (Å²) in [5.74, 6) is 0. The molecule has 2 amide bonds. The van der Waals surface area contributed by atoms with E-state index in [0.29, 0.717) is 32.0 Å². The number of amides is 2. The normalized spacial score (nSPS) is 13.2. The number of ether oxygens (including phenoxy) is 1. The molecule has 2 aromatic heterocycles. The number of hydrogen-bond acceptors (Lipinski definition) is 4. The highest BCUT2D eigenvalue weighted by Crippen LogP contribution is 2.23. The van der Waals surface area contributed by atoms with E-state index < -0.39 is 0 Å². The minimum Gasteiger partial charge on any atom is -0.370 e. The molecule has 7 heteroatoms. The number of nitrogens with one attached hydrogen (secondary N) is 1. The van der Waals surface area contributed by atoms with Crippen LogP contribution in [0.2, 0.25) is 0 Å². The molecule has 0 atom stereocenters. The molecular weight excluding hydrogens is 366 g/mol. The monoisotopic (exact) mass is 391 g/mol. The van der Waals surface area contributed by atoms with E-state index in [1.807, 2.05) is 17.8 Å². The molecule has 4 rings (SSSR count). The number of nitrogens with zero attached hydrogens (tertiary/aromatic N) is 4. The molecule has 0 saturated heterocycles. The molecule has 1 N–H and O–H groups in total.